The molecular weight excluding hydrogens is 302 g/mol. The van der Waals surface area contributed by atoms with E-state index in [1.54, 1.807) is 0 Å². The number of carbonyl (C=O) groups excluding carboxylic acids is 2. The first-order valence-corrected chi connectivity index (χ1v) is 9.82. The van der Waals surface area contributed by atoms with Crippen LogP contribution >= 0.6 is 0 Å². The Labute approximate surface area is 146 Å². The average Bonchev–Trinajstić information content (AvgIpc) is 3.38. The van der Waals surface area contributed by atoms with Gasteiger partial charge in [0.2, 0.25) is 11.8 Å². The molecule has 3 fully saturated rings. The van der Waals surface area contributed by atoms with Crippen LogP contribution in [0, 0.1) is 17.8 Å². The van der Waals surface area contributed by atoms with Gasteiger partial charge in [0.05, 0.1) is 5.92 Å². The quantitative estimate of drug-likeness (QED) is 0.806. The van der Waals surface area contributed by atoms with E-state index in [1.807, 2.05) is 4.90 Å². The molecule has 2 heterocycles. The number of nitrogens with zero attached hydrogens (tertiary/aromatic N) is 2. The smallest absolute Gasteiger partial charge is 0.224 e. The molecule has 1 N–H and O–H groups in total. The number of carbonyl (C=O) groups is 2. The van der Waals surface area contributed by atoms with Gasteiger partial charge in [0, 0.05) is 32.1 Å². The zero-order chi connectivity index (χ0) is 17.1. The normalized spacial score (nSPS) is 26.9. The molecule has 136 valence electrons. The summed E-state index contributed by atoms with van der Waals surface area (Å²) in [7, 11) is 0. The molecule has 0 spiro atoms. The number of nitrogens with one attached hydrogen (secondary N) is 1. The minimum absolute atomic E-state index is 0.00401. The Morgan fingerprint density at radius 2 is 1.88 bits per heavy atom. The molecule has 0 aromatic heterocycles. The minimum atomic E-state index is 0.00401. The number of hydrogen-bond donors (Lipinski definition) is 1. The monoisotopic (exact) mass is 335 g/mol. The van der Waals surface area contributed by atoms with E-state index in [1.165, 1.54) is 19.4 Å². The molecule has 1 aliphatic carbocycles. The highest BCUT2D eigenvalue weighted by Crippen LogP contribution is 2.31. The molecule has 2 aliphatic heterocycles. The Morgan fingerprint density at radius 3 is 2.50 bits per heavy atom. The SMILES string of the molecule is CC(C)CN1CCC(CNC(=O)[C@@H]2CCC(=O)N(C3CC3)C2)CC1. The summed E-state index contributed by atoms with van der Waals surface area (Å²) in [6, 6.07) is 0.429. The van der Waals surface area contributed by atoms with Gasteiger partial charge in [-0.05, 0) is 57.0 Å². The van der Waals surface area contributed by atoms with Crippen molar-refractivity contribution >= 4 is 11.8 Å². The van der Waals surface area contributed by atoms with Crippen LogP contribution in [0.5, 0.6) is 0 Å². The molecule has 5 nitrogen and oxygen atoms in total. The molecular formula is C19H33N3O2. The molecule has 0 bridgehead atoms. The molecule has 1 atom stereocenters. The van der Waals surface area contributed by atoms with Crippen LogP contribution in [0.4, 0.5) is 0 Å². The Morgan fingerprint density at radius 1 is 1.17 bits per heavy atom. The summed E-state index contributed by atoms with van der Waals surface area (Å²) in [4.78, 5) is 28.9. The highest BCUT2D eigenvalue weighted by molar-refractivity contribution is 5.84. The predicted molar refractivity (Wildman–Crippen MR) is 94.5 cm³/mol. The first kappa shape index (κ1) is 17.7. The Hall–Kier alpha value is -1.10. The van der Waals surface area contributed by atoms with E-state index in [9.17, 15) is 9.59 Å². The van der Waals surface area contributed by atoms with Gasteiger partial charge in [0.15, 0.2) is 0 Å². The third-order valence-corrected chi connectivity index (χ3v) is 5.70. The summed E-state index contributed by atoms with van der Waals surface area (Å²) in [6.45, 7) is 9.49. The average molecular weight is 335 g/mol. The number of likely N-dealkylation sites (tertiary alicyclic amines) is 2. The maximum Gasteiger partial charge on any atom is 0.224 e. The Balaban J connectivity index is 1.37. The lowest BCUT2D eigenvalue weighted by Crippen LogP contribution is -2.47. The van der Waals surface area contributed by atoms with Crippen LogP contribution in [0.3, 0.4) is 0 Å². The van der Waals surface area contributed by atoms with E-state index in [0.29, 0.717) is 24.9 Å². The van der Waals surface area contributed by atoms with Crippen LogP contribution in [-0.2, 0) is 9.59 Å². The molecule has 0 aromatic rings. The fourth-order valence-corrected chi connectivity index (χ4v) is 4.10. The van der Waals surface area contributed by atoms with E-state index >= 15 is 0 Å². The van der Waals surface area contributed by atoms with Crippen molar-refractivity contribution in [2.45, 2.75) is 58.4 Å². The van der Waals surface area contributed by atoms with Crippen LogP contribution in [0.2, 0.25) is 0 Å². The molecule has 1 saturated carbocycles. The summed E-state index contributed by atoms with van der Waals surface area (Å²) >= 11 is 0. The van der Waals surface area contributed by atoms with Gasteiger partial charge in [-0.3, -0.25) is 9.59 Å². The van der Waals surface area contributed by atoms with Gasteiger partial charge in [-0.15, -0.1) is 0 Å². The van der Waals surface area contributed by atoms with Crippen LogP contribution in [-0.4, -0.2) is 60.4 Å². The van der Waals surface area contributed by atoms with E-state index in [4.69, 9.17) is 0 Å². The standard InChI is InChI=1S/C19H33N3O2/c1-14(2)12-21-9-7-15(8-10-21)11-20-19(24)16-3-6-18(23)22(13-16)17-4-5-17/h14-17H,3-13H2,1-2H3,(H,20,24)/t16-/m1/s1. The molecule has 24 heavy (non-hydrogen) atoms. The maximum atomic E-state index is 12.5. The van der Waals surface area contributed by atoms with E-state index in [2.05, 4.69) is 24.1 Å². The van der Waals surface area contributed by atoms with Gasteiger partial charge in [0.1, 0.15) is 0 Å². The van der Waals surface area contributed by atoms with Gasteiger partial charge >= 0.3 is 0 Å². The van der Waals surface area contributed by atoms with E-state index in [-0.39, 0.29) is 17.7 Å². The van der Waals surface area contributed by atoms with Crippen molar-refractivity contribution in [3.8, 4) is 0 Å². The molecule has 5 heteroatoms. The van der Waals surface area contributed by atoms with Crippen molar-refractivity contribution < 1.29 is 9.59 Å². The zero-order valence-corrected chi connectivity index (χ0v) is 15.3. The Bertz CT molecular complexity index is 454. The molecule has 0 unspecified atom stereocenters. The van der Waals surface area contributed by atoms with Crippen LogP contribution in [0.15, 0.2) is 0 Å². The molecule has 3 aliphatic rings. The second-order valence-corrected chi connectivity index (χ2v) is 8.40. The third-order valence-electron chi connectivity index (χ3n) is 5.70. The van der Waals surface area contributed by atoms with Crippen molar-refractivity contribution in [2.24, 2.45) is 17.8 Å². The van der Waals surface area contributed by atoms with Crippen molar-refractivity contribution in [3.05, 3.63) is 0 Å². The fourth-order valence-electron chi connectivity index (χ4n) is 4.10. The van der Waals surface area contributed by atoms with E-state index in [0.717, 1.165) is 44.8 Å². The number of amides is 2. The lowest BCUT2D eigenvalue weighted by atomic mass is 9.94. The largest absolute Gasteiger partial charge is 0.356 e. The Kier molecular flexibility index (Phi) is 5.80. The summed E-state index contributed by atoms with van der Waals surface area (Å²) in [6.07, 6.45) is 5.88. The molecule has 3 rings (SSSR count). The maximum absolute atomic E-state index is 12.5. The highest BCUT2D eigenvalue weighted by Gasteiger charge is 2.38. The van der Waals surface area contributed by atoms with Crippen LogP contribution in [0.1, 0.15) is 52.4 Å². The second kappa shape index (κ2) is 7.85. The predicted octanol–water partition coefficient (Wildman–Crippen LogP) is 1.87. The van der Waals surface area contributed by atoms with Gasteiger partial charge in [0.25, 0.3) is 0 Å². The van der Waals surface area contributed by atoms with Crippen LogP contribution < -0.4 is 5.32 Å². The first-order chi connectivity index (χ1) is 11.5. The molecule has 2 amide bonds. The fraction of sp³-hybridized carbons (Fsp3) is 0.895. The summed E-state index contributed by atoms with van der Waals surface area (Å²) in [5, 5.41) is 3.18. The third kappa shape index (κ3) is 4.71. The van der Waals surface area contributed by atoms with Gasteiger partial charge in [-0.1, -0.05) is 13.8 Å². The highest BCUT2D eigenvalue weighted by atomic mass is 16.2. The van der Waals surface area contributed by atoms with Crippen molar-refractivity contribution in [1.29, 1.82) is 0 Å². The van der Waals surface area contributed by atoms with Crippen molar-refractivity contribution in [2.75, 3.05) is 32.7 Å². The summed E-state index contributed by atoms with van der Waals surface area (Å²) in [5.41, 5.74) is 0. The zero-order valence-electron chi connectivity index (χ0n) is 15.3. The van der Waals surface area contributed by atoms with Gasteiger partial charge in [-0.2, -0.15) is 0 Å². The number of rotatable bonds is 6. The molecule has 0 aromatic carbocycles. The lowest BCUT2D eigenvalue weighted by Gasteiger charge is -2.34. The summed E-state index contributed by atoms with van der Waals surface area (Å²) < 4.78 is 0. The lowest BCUT2D eigenvalue weighted by molar-refractivity contribution is -0.138. The molecule has 2 saturated heterocycles. The van der Waals surface area contributed by atoms with E-state index < -0.39 is 0 Å². The minimum Gasteiger partial charge on any atom is -0.356 e. The number of piperidine rings is 2. The van der Waals surface area contributed by atoms with Crippen molar-refractivity contribution in [3.63, 3.8) is 0 Å². The van der Waals surface area contributed by atoms with Crippen molar-refractivity contribution in [1.82, 2.24) is 15.1 Å². The van der Waals surface area contributed by atoms with Gasteiger partial charge < -0.3 is 15.1 Å². The number of hydrogen-bond acceptors (Lipinski definition) is 3. The van der Waals surface area contributed by atoms with Crippen LogP contribution in [0.25, 0.3) is 0 Å². The first-order valence-electron chi connectivity index (χ1n) is 9.82. The van der Waals surface area contributed by atoms with Gasteiger partial charge in [-0.25, -0.2) is 0 Å². The second-order valence-electron chi connectivity index (χ2n) is 8.40. The summed E-state index contributed by atoms with van der Waals surface area (Å²) in [5.74, 6) is 1.76. The molecule has 0 radical (unpaired) electrons. The topological polar surface area (TPSA) is 52.7 Å².